The Morgan fingerprint density at radius 3 is 2.58 bits per heavy atom. The summed E-state index contributed by atoms with van der Waals surface area (Å²) in [5.41, 5.74) is 1.71. The molecule has 4 N–H and O–H groups in total. The van der Waals surface area contributed by atoms with Crippen molar-refractivity contribution < 1.29 is 14.7 Å². The summed E-state index contributed by atoms with van der Waals surface area (Å²) in [6.07, 6.45) is 1.35. The van der Waals surface area contributed by atoms with Crippen LogP contribution in [0.5, 0.6) is 0 Å². The van der Waals surface area contributed by atoms with Crippen molar-refractivity contribution >= 4 is 18.1 Å². The van der Waals surface area contributed by atoms with E-state index in [9.17, 15) is 19.2 Å². The van der Waals surface area contributed by atoms with Gasteiger partial charge in [0.25, 0.3) is 5.56 Å². The van der Waals surface area contributed by atoms with E-state index in [2.05, 4.69) is 20.7 Å². The van der Waals surface area contributed by atoms with Gasteiger partial charge >= 0.3 is 11.7 Å². The van der Waals surface area contributed by atoms with Crippen LogP contribution in [-0.4, -0.2) is 38.4 Å². The third kappa shape index (κ3) is 4.73. The van der Waals surface area contributed by atoms with Gasteiger partial charge in [-0.05, 0) is 17.7 Å². The van der Waals surface area contributed by atoms with Gasteiger partial charge in [-0.3, -0.25) is 14.6 Å². The number of aromatic amines is 2. The summed E-state index contributed by atoms with van der Waals surface area (Å²) in [6, 6.07) is 5.92. The normalized spacial score (nSPS) is 10.7. The molecule has 10 nitrogen and oxygen atoms in total. The van der Waals surface area contributed by atoms with Gasteiger partial charge < -0.3 is 5.11 Å². The van der Waals surface area contributed by atoms with E-state index >= 15 is 0 Å². The van der Waals surface area contributed by atoms with Crippen molar-refractivity contribution in [2.24, 2.45) is 5.10 Å². The maximum Gasteiger partial charge on any atom is 0.342 e. The van der Waals surface area contributed by atoms with Gasteiger partial charge in [0.2, 0.25) is 5.91 Å². The maximum atomic E-state index is 11.6. The second kappa shape index (κ2) is 7.63. The van der Waals surface area contributed by atoms with Gasteiger partial charge in [0, 0.05) is 12.8 Å². The largest absolute Gasteiger partial charge is 0.478 e. The summed E-state index contributed by atoms with van der Waals surface area (Å²) in [4.78, 5) is 46.5. The highest BCUT2D eigenvalue weighted by Crippen LogP contribution is 2.02. The number of aromatic carboxylic acids is 1. The highest BCUT2D eigenvalue weighted by atomic mass is 16.4. The first-order valence-corrected chi connectivity index (χ1v) is 6.79. The van der Waals surface area contributed by atoms with Gasteiger partial charge in [-0.1, -0.05) is 12.1 Å². The minimum Gasteiger partial charge on any atom is -0.478 e. The van der Waals surface area contributed by atoms with Crippen molar-refractivity contribution in [3.8, 4) is 0 Å². The molecule has 0 saturated heterocycles. The van der Waals surface area contributed by atoms with E-state index in [4.69, 9.17) is 5.11 Å². The Labute approximate surface area is 134 Å². The fourth-order valence-corrected chi connectivity index (χ4v) is 1.72. The monoisotopic (exact) mass is 331 g/mol. The minimum atomic E-state index is -1.03. The van der Waals surface area contributed by atoms with Crippen molar-refractivity contribution in [3.05, 3.63) is 61.9 Å². The van der Waals surface area contributed by atoms with Crippen LogP contribution in [0.4, 0.5) is 0 Å². The maximum absolute atomic E-state index is 11.6. The zero-order chi connectivity index (χ0) is 17.5. The molecule has 0 atom stereocenters. The number of rotatable bonds is 6. The van der Waals surface area contributed by atoms with Gasteiger partial charge in [0.1, 0.15) is 5.69 Å². The van der Waals surface area contributed by atoms with Crippen molar-refractivity contribution in [1.82, 2.24) is 20.6 Å². The Hall–Kier alpha value is -3.56. The summed E-state index contributed by atoms with van der Waals surface area (Å²) in [7, 11) is 0. The molecule has 10 heteroatoms. The quantitative estimate of drug-likeness (QED) is 0.402. The second-order valence-corrected chi connectivity index (χ2v) is 4.67. The van der Waals surface area contributed by atoms with Crippen LogP contribution in [0.15, 0.2) is 39.0 Å². The Bertz CT molecular complexity index is 881. The standard InChI is InChI=1S/C14H13N5O5/c20-11(6-5-10-12(21)16-14(24)19-17-10)18-15-7-8-1-3-9(4-2-8)13(22)23/h1-4,7H,5-6H2,(H,18,20)(H,22,23)(H2,16,19,21,24)/b15-7-. The summed E-state index contributed by atoms with van der Waals surface area (Å²) >= 11 is 0. The average molecular weight is 331 g/mol. The molecule has 24 heavy (non-hydrogen) atoms. The topological polar surface area (TPSA) is 157 Å². The van der Waals surface area contributed by atoms with E-state index < -0.39 is 23.1 Å². The number of carboxylic acid groups (broad SMARTS) is 1. The zero-order valence-corrected chi connectivity index (χ0v) is 12.3. The van der Waals surface area contributed by atoms with Gasteiger partial charge in [-0.15, -0.1) is 0 Å². The van der Waals surface area contributed by atoms with Gasteiger partial charge in [-0.2, -0.15) is 10.2 Å². The number of benzene rings is 1. The molecule has 1 heterocycles. The lowest BCUT2D eigenvalue weighted by atomic mass is 10.1. The molecule has 0 aliphatic carbocycles. The number of hydrogen-bond acceptors (Lipinski definition) is 6. The van der Waals surface area contributed by atoms with E-state index in [0.29, 0.717) is 5.56 Å². The van der Waals surface area contributed by atoms with Crippen LogP contribution in [0.1, 0.15) is 28.0 Å². The summed E-state index contributed by atoms with van der Waals surface area (Å²) in [5, 5.41) is 18.1. The average Bonchev–Trinajstić information content (AvgIpc) is 2.54. The predicted molar refractivity (Wildman–Crippen MR) is 82.9 cm³/mol. The van der Waals surface area contributed by atoms with Crippen molar-refractivity contribution in [2.75, 3.05) is 0 Å². The molecule has 0 radical (unpaired) electrons. The Kier molecular flexibility index (Phi) is 5.34. The Morgan fingerprint density at radius 1 is 1.25 bits per heavy atom. The number of carbonyl (C=O) groups excluding carboxylic acids is 1. The van der Waals surface area contributed by atoms with Crippen LogP contribution < -0.4 is 16.7 Å². The number of carbonyl (C=O) groups is 2. The van der Waals surface area contributed by atoms with Gasteiger partial charge in [0.05, 0.1) is 11.8 Å². The molecule has 0 bridgehead atoms. The smallest absolute Gasteiger partial charge is 0.342 e. The fraction of sp³-hybridized carbons (Fsp3) is 0.143. The number of H-pyrrole nitrogens is 2. The number of hydrogen-bond donors (Lipinski definition) is 4. The number of aryl methyl sites for hydroxylation is 1. The molecule has 0 unspecified atom stereocenters. The van der Waals surface area contributed by atoms with Crippen LogP contribution in [0.3, 0.4) is 0 Å². The van der Waals surface area contributed by atoms with Gasteiger partial charge in [0.15, 0.2) is 0 Å². The summed E-state index contributed by atoms with van der Waals surface area (Å²) in [6.45, 7) is 0. The lowest BCUT2D eigenvalue weighted by molar-refractivity contribution is -0.121. The Balaban J connectivity index is 1.85. The highest BCUT2D eigenvalue weighted by molar-refractivity contribution is 5.89. The van der Waals surface area contributed by atoms with E-state index in [-0.39, 0.29) is 24.1 Å². The minimum absolute atomic E-state index is 0.0398. The first-order chi connectivity index (χ1) is 11.5. The molecular formula is C14H13N5O5. The number of nitrogens with one attached hydrogen (secondary N) is 3. The van der Waals surface area contributed by atoms with Crippen LogP contribution in [0.2, 0.25) is 0 Å². The predicted octanol–water partition coefficient (Wildman–Crippen LogP) is -0.761. The lowest BCUT2D eigenvalue weighted by Crippen LogP contribution is -2.28. The van der Waals surface area contributed by atoms with E-state index in [1.54, 1.807) is 12.1 Å². The van der Waals surface area contributed by atoms with Crippen molar-refractivity contribution in [3.63, 3.8) is 0 Å². The van der Waals surface area contributed by atoms with Crippen LogP contribution in [0.25, 0.3) is 0 Å². The molecule has 2 aromatic rings. The first-order valence-electron chi connectivity index (χ1n) is 6.79. The number of hydrazone groups is 1. The van der Waals surface area contributed by atoms with E-state index in [1.807, 2.05) is 4.98 Å². The third-order valence-electron chi connectivity index (χ3n) is 2.93. The van der Waals surface area contributed by atoms with Crippen LogP contribution in [-0.2, 0) is 11.2 Å². The number of amides is 1. The molecule has 1 amide bonds. The van der Waals surface area contributed by atoms with Crippen LogP contribution in [0, 0.1) is 0 Å². The first kappa shape index (κ1) is 16.8. The fourth-order valence-electron chi connectivity index (χ4n) is 1.72. The number of nitrogens with zero attached hydrogens (tertiary/aromatic N) is 2. The molecule has 1 aromatic heterocycles. The third-order valence-corrected chi connectivity index (χ3v) is 2.93. The molecule has 0 aliphatic rings. The molecule has 124 valence electrons. The Morgan fingerprint density at radius 2 is 1.96 bits per heavy atom. The van der Waals surface area contributed by atoms with Crippen molar-refractivity contribution in [1.29, 1.82) is 0 Å². The summed E-state index contributed by atoms with van der Waals surface area (Å²) < 4.78 is 0. The number of carboxylic acids is 1. The molecular weight excluding hydrogens is 318 g/mol. The molecule has 0 spiro atoms. The van der Waals surface area contributed by atoms with Crippen molar-refractivity contribution in [2.45, 2.75) is 12.8 Å². The SMILES string of the molecule is O=C(CCc1n[nH]c(=O)[nH]c1=O)N/N=C\c1ccc(C(=O)O)cc1. The highest BCUT2D eigenvalue weighted by Gasteiger charge is 2.06. The molecule has 2 rings (SSSR count). The lowest BCUT2D eigenvalue weighted by Gasteiger charge is -1.99. The second-order valence-electron chi connectivity index (χ2n) is 4.67. The summed E-state index contributed by atoms with van der Waals surface area (Å²) in [5.74, 6) is -1.47. The molecule has 0 fully saturated rings. The van der Waals surface area contributed by atoms with E-state index in [1.165, 1.54) is 18.3 Å². The van der Waals surface area contributed by atoms with E-state index in [0.717, 1.165) is 0 Å². The number of aromatic nitrogens is 3. The molecule has 1 aromatic carbocycles. The molecule has 0 saturated carbocycles. The molecule has 0 aliphatic heterocycles. The van der Waals surface area contributed by atoms with Crippen LogP contribution >= 0.6 is 0 Å². The van der Waals surface area contributed by atoms with Gasteiger partial charge in [-0.25, -0.2) is 20.1 Å². The zero-order valence-electron chi connectivity index (χ0n) is 12.3.